The molecule has 0 aromatic heterocycles. The van der Waals surface area contributed by atoms with Crippen LogP contribution in [-0.4, -0.2) is 28.5 Å². The van der Waals surface area contributed by atoms with Crippen molar-refractivity contribution >= 4 is 17.3 Å². The summed E-state index contributed by atoms with van der Waals surface area (Å²) in [4.78, 5) is 12.9. The average Bonchev–Trinajstić information content (AvgIpc) is 2.34. The Kier molecular flexibility index (Phi) is 4.39. The maximum Gasteiger partial charge on any atom is 0.275 e. The first-order valence-corrected chi connectivity index (χ1v) is 6.78. The van der Waals surface area contributed by atoms with Crippen LogP contribution < -0.4 is 5.73 Å². The van der Waals surface area contributed by atoms with Gasteiger partial charge in [0.1, 0.15) is 0 Å². The molecule has 0 saturated carbocycles. The number of hydrogen-bond acceptors (Lipinski definition) is 4. The van der Waals surface area contributed by atoms with Crippen LogP contribution >= 0.6 is 11.6 Å². The van der Waals surface area contributed by atoms with E-state index >= 15 is 0 Å². The second kappa shape index (κ2) is 5.86. The van der Waals surface area contributed by atoms with E-state index in [9.17, 15) is 10.1 Å². The number of nitro groups is 1. The number of hydrogen-bond donors (Lipinski definition) is 1. The molecule has 0 amide bonds. The van der Waals surface area contributed by atoms with E-state index in [0.29, 0.717) is 23.2 Å². The van der Waals surface area contributed by atoms with Crippen LogP contribution in [0, 0.1) is 10.1 Å². The summed E-state index contributed by atoms with van der Waals surface area (Å²) in [6.45, 7) is 3.45. The van der Waals surface area contributed by atoms with Crippen LogP contribution in [-0.2, 0) is 6.54 Å². The van der Waals surface area contributed by atoms with Gasteiger partial charge in [-0.3, -0.25) is 15.0 Å². The van der Waals surface area contributed by atoms with Crippen molar-refractivity contribution in [1.29, 1.82) is 0 Å². The lowest BCUT2D eigenvalue weighted by atomic mass is 9.98. The van der Waals surface area contributed by atoms with Crippen molar-refractivity contribution in [2.24, 2.45) is 5.73 Å². The van der Waals surface area contributed by atoms with Gasteiger partial charge in [-0.05, 0) is 25.8 Å². The summed E-state index contributed by atoms with van der Waals surface area (Å²) in [5.41, 5.74) is 6.61. The second-order valence-electron chi connectivity index (χ2n) is 5.10. The molecule has 1 saturated heterocycles. The van der Waals surface area contributed by atoms with Crippen LogP contribution in [0.5, 0.6) is 0 Å². The summed E-state index contributed by atoms with van der Waals surface area (Å²) in [6.07, 6.45) is 1.83. The normalized spacial score (nSPS) is 24.4. The molecule has 0 aliphatic carbocycles. The molecule has 2 N–H and O–H groups in total. The van der Waals surface area contributed by atoms with Gasteiger partial charge in [0.2, 0.25) is 0 Å². The molecule has 0 bridgehead atoms. The molecule has 1 fully saturated rings. The van der Waals surface area contributed by atoms with Gasteiger partial charge < -0.3 is 5.73 Å². The third-order valence-corrected chi connectivity index (χ3v) is 4.06. The van der Waals surface area contributed by atoms with Gasteiger partial charge in [-0.1, -0.05) is 17.7 Å². The molecular weight excluding hydrogens is 266 g/mol. The number of likely N-dealkylation sites (tertiary alicyclic amines) is 1. The molecule has 2 atom stereocenters. The van der Waals surface area contributed by atoms with E-state index in [0.717, 1.165) is 19.4 Å². The van der Waals surface area contributed by atoms with E-state index in [1.165, 1.54) is 6.07 Å². The number of nitrogens with two attached hydrogens (primary N) is 1. The summed E-state index contributed by atoms with van der Waals surface area (Å²) in [7, 11) is 0. The number of nitrogens with zero attached hydrogens (tertiary/aromatic N) is 2. The topological polar surface area (TPSA) is 72.4 Å². The zero-order valence-electron chi connectivity index (χ0n) is 10.9. The van der Waals surface area contributed by atoms with Gasteiger partial charge in [0.05, 0.1) is 15.5 Å². The predicted octanol–water partition coefficient (Wildman–Crippen LogP) is 2.56. The molecule has 2 unspecified atom stereocenters. The summed E-state index contributed by atoms with van der Waals surface area (Å²) < 4.78 is 0. The van der Waals surface area contributed by atoms with E-state index < -0.39 is 0 Å². The predicted molar refractivity (Wildman–Crippen MR) is 75.2 cm³/mol. The number of piperidine rings is 1. The lowest BCUT2D eigenvalue weighted by Crippen LogP contribution is -2.45. The molecule has 1 aromatic rings. The molecule has 0 radical (unpaired) electrons. The second-order valence-corrected chi connectivity index (χ2v) is 5.51. The zero-order chi connectivity index (χ0) is 14.0. The van der Waals surface area contributed by atoms with E-state index in [4.69, 9.17) is 17.3 Å². The fourth-order valence-electron chi connectivity index (χ4n) is 2.57. The molecule has 1 aliphatic rings. The Hall–Kier alpha value is -1.17. The van der Waals surface area contributed by atoms with Gasteiger partial charge >= 0.3 is 0 Å². The fraction of sp³-hybridized carbons (Fsp3) is 0.538. The summed E-state index contributed by atoms with van der Waals surface area (Å²) in [5.74, 6) is 0. The van der Waals surface area contributed by atoms with E-state index in [-0.39, 0.29) is 16.7 Å². The van der Waals surface area contributed by atoms with Gasteiger partial charge in [-0.15, -0.1) is 0 Å². The lowest BCUT2D eigenvalue weighted by Gasteiger charge is -2.36. The van der Waals surface area contributed by atoms with Gasteiger partial charge in [0.15, 0.2) is 0 Å². The molecule has 1 heterocycles. The monoisotopic (exact) mass is 283 g/mol. The summed E-state index contributed by atoms with van der Waals surface area (Å²) >= 11 is 6.11. The van der Waals surface area contributed by atoms with E-state index in [1.807, 2.05) is 0 Å². The Balaban J connectivity index is 2.21. The average molecular weight is 284 g/mol. The smallest absolute Gasteiger partial charge is 0.275 e. The highest BCUT2D eigenvalue weighted by Gasteiger charge is 2.26. The SMILES string of the molecule is CC1CC(N)CCN1Cc1c(Cl)cccc1[N+](=O)[O-]. The van der Waals surface area contributed by atoms with Crippen molar-refractivity contribution in [2.45, 2.75) is 38.4 Å². The van der Waals surface area contributed by atoms with Gasteiger partial charge in [0, 0.05) is 31.2 Å². The standard InChI is InChI=1S/C13H18ClN3O2/c1-9-7-10(15)5-6-16(9)8-11-12(14)3-2-4-13(11)17(18)19/h2-4,9-10H,5-8,15H2,1H3. The van der Waals surface area contributed by atoms with E-state index in [2.05, 4.69) is 11.8 Å². The highest BCUT2D eigenvalue weighted by Crippen LogP contribution is 2.29. The van der Waals surface area contributed by atoms with Crippen molar-refractivity contribution in [2.75, 3.05) is 6.54 Å². The minimum Gasteiger partial charge on any atom is -0.328 e. The van der Waals surface area contributed by atoms with E-state index in [1.54, 1.807) is 12.1 Å². The van der Waals surface area contributed by atoms with Gasteiger partial charge in [0.25, 0.3) is 5.69 Å². The Bertz CT molecular complexity index is 481. The highest BCUT2D eigenvalue weighted by molar-refractivity contribution is 6.31. The van der Waals surface area contributed by atoms with Crippen molar-refractivity contribution in [3.8, 4) is 0 Å². The molecule has 5 nitrogen and oxygen atoms in total. The summed E-state index contributed by atoms with van der Waals surface area (Å²) in [6, 6.07) is 5.36. The number of nitro benzene ring substituents is 1. The van der Waals surface area contributed by atoms with Gasteiger partial charge in [-0.2, -0.15) is 0 Å². The first kappa shape index (κ1) is 14.2. The Morgan fingerprint density at radius 3 is 2.95 bits per heavy atom. The number of benzene rings is 1. The van der Waals surface area contributed by atoms with Crippen LogP contribution in [0.25, 0.3) is 0 Å². The maximum atomic E-state index is 11.1. The van der Waals surface area contributed by atoms with Crippen LogP contribution in [0.3, 0.4) is 0 Å². The number of rotatable bonds is 3. The third kappa shape index (κ3) is 3.23. The lowest BCUT2D eigenvalue weighted by molar-refractivity contribution is -0.385. The molecule has 1 aliphatic heterocycles. The molecular formula is C13H18ClN3O2. The van der Waals surface area contributed by atoms with Crippen molar-refractivity contribution in [1.82, 2.24) is 4.90 Å². The molecule has 6 heteroatoms. The zero-order valence-corrected chi connectivity index (χ0v) is 11.6. The fourth-order valence-corrected chi connectivity index (χ4v) is 2.80. The molecule has 0 spiro atoms. The Morgan fingerprint density at radius 2 is 2.32 bits per heavy atom. The quantitative estimate of drug-likeness (QED) is 0.683. The molecule has 2 rings (SSSR count). The Labute approximate surface area is 117 Å². The van der Waals surface area contributed by atoms with Crippen molar-refractivity contribution in [3.63, 3.8) is 0 Å². The number of halogens is 1. The molecule has 19 heavy (non-hydrogen) atoms. The molecule has 104 valence electrons. The van der Waals surface area contributed by atoms with Crippen LogP contribution in [0.15, 0.2) is 18.2 Å². The van der Waals surface area contributed by atoms with Crippen molar-refractivity contribution < 1.29 is 4.92 Å². The third-order valence-electron chi connectivity index (χ3n) is 3.71. The highest BCUT2D eigenvalue weighted by atomic mass is 35.5. The minimum atomic E-state index is -0.373. The minimum absolute atomic E-state index is 0.0922. The first-order valence-electron chi connectivity index (χ1n) is 6.40. The Morgan fingerprint density at radius 1 is 1.58 bits per heavy atom. The van der Waals surface area contributed by atoms with Crippen LogP contribution in [0.2, 0.25) is 5.02 Å². The van der Waals surface area contributed by atoms with Crippen LogP contribution in [0.4, 0.5) is 5.69 Å². The summed E-state index contributed by atoms with van der Waals surface area (Å²) in [5, 5.41) is 11.5. The van der Waals surface area contributed by atoms with Crippen molar-refractivity contribution in [3.05, 3.63) is 38.9 Å². The van der Waals surface area contributed by atoms with Gasteiger partial charge in [-0.25, -0.2) is 0 Å². The molecule has 1 aromatic carbocycles. The maximum absolute atomic E-state index is 11.1. The first-order chi connectivity index (χ1) is 8.99. The van der Waals surface area contributed by atoms with Crippen LogP contribution in [0.1, 0.15) is 25.3 Å². The largest absolute Gasteiger partial charge is 0.328 e.